The standard InChI is InChI=1S/C8H13NO2.ClH/c1-8(2,9)6-3-4-11-7(6)5-10;/h3-4,10H,5,9H2,1-2H3;1H. The second kappa shape index (κ2) is 3.94. The Kier molecular flexibility index (Phi) is 3.77. The number of aliphatic hydroxyl groups is 1. The molecule has 0 radical (unpaired) electrons. The van der Waals surface area contributed by atoms with Gasteiger partial charge in [-0.25, -0.2) is 0 Å². The molecule has 0 bridgehead atoms. The van der Waals surface area contributed by atoms with Crippen LogP contribution in [0, 0.1) is 0 Å². The molecule has 70 valence electrons. The van der Waals surface area contributed by atoms with E-state index < -0.39 is 5.54 Å². The van der Waals surface area contributed by atoms with E-state index in [1.165, 1.54) is 6.26 Å². The van der Waals surface area contributed by atoms with Crippen molar-refractivity contribution >= 4 is 12.4 Å². The van der Waals surface area contributed by atoms with Gasteiger partial charge < -0.3 is 15.3 Å². The summed E-state index contributed by atoms with van der Waals surface area (Å²) in [5, 5.41) is 8.82. The minimum absolute atomic E-state index is 0. The van der Waals surface area contributed by atoms with E-state index in [0.29, 0.717) is 5.76 Å². The predicted octanol–water partition coefficient (Wildman–Crippen LogP) is 1.39. The molecule has 3 N–H and O–H groups in total. The molecule has 0 saturated carbocycles. The Bertz CT molecular complexity index is 239. The van der Waals surface area contributed by atoms with Crippen molar-refractivity contribution in [1.82, 2.24) is 0 Å². The van der Waals surface area contributed by atoms with Gasteiger partial charge in [0.2, 0.25) is 0 Å². The van der Waals surface area contributed by atoms with Crippen LogP contribution in [0.25, 0.3) is 0 Å². The average molecular weight is 192 g/mol. The van der Waals surface area contributed by atoms with Crippen LogP contribution in [0.1, 0.15) is 25.2 Å². The molecule has 0 aromatic carbocycles. The summed E-state index contributed by atoms with van der Waals surface area (Å²) in [5.74, 6) is 0.553. The Morgan fingerprint density at radius 2 is 2.17 bits per heavy atom. The highest BCUT2D eigenvalue weighted by atomic mass is 35.5. The molecule has 3 nitrogen and oxygen atoms in total. The topological polar surface area (TPSA) is 59.4 Å². The van der Waals surface area contributed by atoms with Crippen molar-refractivity contribution in [2.45, 2.75) is 26.0 Å². The minimum atomic E-state index is -0.439. The molecule has 1 heterocycles. The lowest BCUT2D eigenvalue weighted by Gasteiger charge is -2.17. The van der Waals surface area contributed by atoms with Crippen molar-refractivity contribution in [1.29, 1.82) is 0 Å². The molecule has 0 aliphatic heterocycles. The summed E-state index contributed by atoms with van der Waals surface area (Å²) < 4.78 is 5.01. The van der Waals surface area contributed by atoms with Crippen molar-refractivity contribution in [3.05, 3.63) is 23.7 Å². The van der Waals surface area contributed by atoms with Crippen LogP contribution < -0.4 is 5.73 Å². The largest absolute Gasteiger partial charge is 0.467 e. The van der Waals surface area contributed by atoms with Crippen molar-refractivity contribution < 1.29 is 9.52 Å². The van der Waals surface area contributed by atoms with Crippen LogP contribution in [-0.2, 0) is 12.1 Å². The maximum Gasteiger partial charge on any atom is 0.134 e. The second-order valence-corrected chi connectivity index (χ2v) is 3.14. The molecule has 4 heteroatoms. The monoisotopic (exact) mass is 191 g/mol. The SMILES string of the molecule is CC(C)(N)c1ccoc1CO.Cl. The third-order valence-electron chi connectivity index (χ3n) is 1.58. The van der Waals surface area contributed by atoms with Gasteiger partial charge >= 0.3 is 0 Å². The average Bonchev–Trinajstić information content (AvgIpc) is 2.31. The third-order valence-corrected chi connectivity index (χ3v) is 1.58. The van der Waals surface area contributed by atoms with Gasteiger partial charge in [-0.3, -0.25) is 0 Å². The van der Waals surface area contributed by atoms with Gasteiger partial charge in [0, 0.05) is 11.1 Å². The van der Waals surface area contributed by atoms with Crippen molar-refractivity contribution in [2.75, 3.05) is 0 Å². The van der Waals surface area contributed by atoms with Crippen LogP contribution in [0.3, 0.4) is 0 Å². The molecule has 0 aliphatic rings. The van der Waals surface area contributed by atoms with Gasteiger partial charge in [-0.1, -0.05) is 0 Å². The summed E-state index contributed by atoms with van der Waals surface area (Å²) >= 11 is 0. The van der Waals surface area contributed by atoms with Crippen LogP contribution in [0.15, 0.2) is 16.7 Å². The van der Waals surface area contributed by atoms with E-state index in [0.717, 1.165) is 5.56 Å². The summed E-state index contributed by atoms with van der Waals surface area (Å²) in [6.07, 6.45) is 1.54. The fourth-order valence-electron chi connectivity index (χ4n) is 1.04. The van der Waals surface area contributed by atoms with Crippen LogP contribution in [0.4, 0.5) is 0 Å². The lowest BCUT2D eigenvalue weighted by Crippen LogP contribution is -2.29. The van der Waals surface area contributed by atoms with Gasteiger partial charge in [-0.2, -0.15) is 0 Å². The van der Waals surface area contributed by atoms with Crippen LogP contribution in [0.5, 0.6) is 0 Å². The number of nitrogens with two attached hydrogens (primary N) is 1. The Labute approximate surface area is 78.0 Å². The molecule has 0 unspecified atom stereocenters. The minimum Gasteiger partial charge on any atom is -0.467 e. The summed E-state index contributed by atoms with van der Waals surface area (Å²) in [7, 11) is 0. The zero-order valence-electron chi connectivity index (χ0n) is 7.20. The number of hydrogen-bond donors (Lipinski definition) is 2. The Balaban J connectivity index is 0.00000121. The van der Waals surface area contributed by atoms with E-state index in [-0.39, 0.29) is 19.0 Å². The van der Waals surface area contributed by atoms with E-state index in [1.807, 2.05) is 13.8 Å². The van der Waals surface area contributed by atoms with Crippen LogP contribution >= 0.6 is 12.4 Å². The lowest BCUT2D eigenvalue weighted by molar-refractivity contribution is 0.242. The first-order valence-corrected chi connectivity index (χ1v) is 3.52. The Morgan fingerprint density at radius 1 is 1.58 bits per heavy atom. The molecule has 0 aliphatic carbocycles. The summed E-state index contributed by atoms with van der Waals surface area (Å²) in [6.45, 7) is 3.65. The molecule has 1 rings (SSSR count). The number of halogens is 1. The van der Waals surface area contributed by atoms with Crippen LogP contribution in [0.2, 0.25) is 0 Å². The molecule has 1 aromatic heterocycles. The maximum absolute atomic E-state index is 8.82. The fraction of sp³-hybridized carbons (Fsp3) is 0.500. The number of furan rings is 1. The van der Waals surface area contributed by atoms with E-state index in [1.54, 1.807) is 6.07 Å². The first kappa shape index (κ1) is 11.5. The highest BCUT2D eigenvalue weighted by Crippen LogP contribution is 2.22. The highest BCUT2D eigenvalue weighted by Gasteiger charge is 2.19. The van der Waals surface area contributed by atoms with Gasteiger partial charge in [0.1, 0.15) is 12.4 Å². The molecule has 0 fully saturated rings. The second-order valence-electron chi connectivity index (χ2n) is 3.14. The first-order chi connectivity index (χ1) is 5.05. The zero-order valence-corrected chi connectivity index (χ0v) is 8.02. The first-order valence-electron chi connectivity index (χ1n) is 3.52. The van der Waals surface area contributed by atoms with E-state index in [4.69, 9.17) is 15.3 Å². The predicted molar refractivity (Wildman–Crippen MR) is 49.1 cm³/mol. The molecule has 0 amide bonds. The Hall–Kier alpha value is -0.510. The molecule has 12 heavy (non-hydrogen) atoms. The van der Waals surface area contributed by atoms with Crippen LogP contribution in [-0.4, -0.2) is 5.11 Å². The summed E-state index contributed by atoms with van der Waals surface area (Å²) in [5.41, 5.74) is 6.23. The van der Waals surface area contributed by atoms with Gasteiger partial charge in [-0.15, -0.1) is 12.4 Å². The van der Waals surface area contributed by atoms with Crippen molar-refractivity contribution in [3.63, 3.8) is 0 Å². The fourth-order valence-corrected chi connectivity index (χ4v) is 1.04. The number of aliphatic hydroxyl groups excluding tert-OH is 1. The quantitative estimate of drug-likeness (QED) is 0.743. The van der Waals surface area contributed by atoms with Crippen molar-refractivity contribution in [2.24, 2.45) is 5.73 Å². The molecule has 0 atom stereocenters. The maximum atomic E-state index is 8.82. The van der Waals surface area contributed by atoms with Gasteiger partial charge in [-0.05, 0) is 19.9 Å². The molecule has 1 aromatic rings. The summed E-state index contributed by atoms with van der Waals surface area (Å²) in [6, 6.07) is 1.78. The van der Waals surface area contributed by atoms with E-state index >= 15 is 0 Å². The smallest absolute Gasteiger partial charge is 0.134 e. The highest BCUT2D eigenvalue weighted by molar-refractivity contribution is 5.85. The number of hydrogen-bond acceptors (Lipinski definition) is 3. The third kappa shape index (κ3) is 2.24. The lowest BCUT2D eigenvalue weighted by atomic mass is 9.96. The zero-order chi connectivity index (χ0) is 8.48. The Morgan fingerprint density at radius 3 is 2.50 bits per heavy atom. The molecule has 0 saturated heterocycles. The molecular weight excluding hydrogens is 178 g/mol. The van der Waals surface area contributed by atoms with E-state index in [2.05, 4.69) is 0 Å². The molecule has 0 spiro atoms. The number of rotatable bonds is 2. The molecular formula is C8H14ClNO2. The summed E-state index contributed by atoms with van der Waals surface area (Å²) in [4.78, 5) is 0. The van der Waals surface area contributed by atoms with E-state index in [9.17, 15) is 0 Å². The van der Waals surface area contributed by atoms with Gasteiger partial charge in [0.15, 0.2) is 0 Å². The van der Waals surface area contributed by atoms with Crippen molar-refractivity contribution in [3.8, 4) is 0 Å². The van der Waals surface area contributed by atoms with Gasteiger partial charge in [0.05, 0.1) is 6.26 Å². The van der Waals surface area contributed by atoms with Gasteiger partial charge in [0.25, 0.3) is 0 Å². The normalized spacial score (nSPS) is 11.0.